The molecule has 0 bridgehead atoms. The number of carbonyl (C=O) groups is 2. The molecule has 146 valence electrons. The second kappa shape index (κ2) is 9.66. The van der Waals surface area contributed by atoms with Gasteiger partial charge in [-0.1, -0.05) is 38.1 Å². The Morgan fingerprint density at radius 2 is 1.82 bits per heavy atom. The number of anilines is 1. The second-order valence-electron chi connectivity index (χ2n) is 6.32. The topological polar surface area (TPSA) is 87.7 Å². The third-order valence-corrected chi connectivity index (χ3v) is 4.17. The first-order valence-electron chi connectivity index (χ1n) is 8.61. The summed E-state index contributed by atoms with van der Waals surface area (Å²) < 4.78 is 5.18. The zero-order chi connectivity index (χ0) is 20.7. The zero-order valence-electron chi connectivity index (χ0n) is 15.9. The lowest BCUT2D eigenvalue weighted by molar-refractivity contribution is -0.115. The standard InChI is InChI=1S/C21H22N2O4S/c1-13(2)15-7-4-14(5-8-15)6-11-19(24)23-21(28)22-17-12-16(20(25)26)9-10-18(17)27-3/h4-13H,1-3H3,(H,25,26)(H2,22,23,24,28). The minimum Gasteiger partial charge on any atom is -0.495 e. The summed E-state index contributed by atoms with van der Waals surface area (Å²) in [5.41, 5.74) is 2.54. The van der Waals surface area contributed by atoms with Gasteiger partial charge < -0.3 is 15.2 Å². The average Bonchev–Trinajstić information content (AvgIpc) is 2.66. The van der Waals surface area contributed by atoms with E-state index in [1.54, 1.807) is 6.08 Å². The molecule has 0 saturated carbocycles. The Labute approximate surface area is 169 Å². The maximum absolute atomic E-state index is 12.1. The molecule has 0 aliphatic heterocycles. The number of aromatic carboxylic acids is 1. The van der Waals surface area contributed by atoms with Gasteiger partial charge in [-0.05, 0) is 53.5 Å². The number of carboxylic acids is 1. The molecule has 0 saturated heterocycles. The third-order valence-electron chi connectivity index (χ3n) is 3.96. The van der Waals surface area contributed by atoms with Crippen LogP contribution in [-0.4, -0.2) is 29.2 Å². The first kappa shape index (κ1) is 21.1. The van der Waals surface area contributed by atoms with Gasteiger partial charge in [0.2, 0.25) is 5.91 Å². The Hall–Kier alpha value is -3.19. The third kappa shape index (κ3) is 5.92. The van der Waals surface area contributed by atoms with Crippen molar-refractivity contribution in [1.82, 2.24) is 5.32 Å². The highest BCUT2D eigenvalue weighted by atomic mass is 32.1. The molecule has 2 aromatic carbocycles. The van der Waals surface area contributed by atoms with Crippen LogP contribution in [0.15, 0.2) is 48.5 Å². The molecule has 0 fully saturated rings. The molecule has 0 spiro atoms. The van der Waals surface area contributed by atoms with Crippen molar-refractivity contribution in [2.24, 2.45) is 0 Å². The summed E-state index contributed by atoms with van der Waals surface area (Å²) in [5.74, 6) is -0.630. The van der Waals surface area contributed by atoms with Crippen LogP contribution in [0.4, 0.5) is 5.69 Å². The van der Waals surface area contributed by atoms with Crippen LogP contribution in [0.3, 0.4) is 0 Å². The van der Waals surface area contributed by atoms with E-state index in [9.17, 15) is 9.59 Å². The normalized spacial score (nSPS) is 10.7. The van der Waals surface area contributed by atoms with Crippen LogP contribution in [0, 0.1) is 0 Å². The maximum Gasteiger partial charge on any atom is 0.335 e. The molecule has 0 aromatic heterocycles. The van der Waals surface area contributed by atoms with E-state index in [0.29, 0.717) is 17.4 Å². The molecule has 7 heteroatoms. The highest BCUT2D eigenvalue weighted by molar-refractivity contribution is 7.80. The number of methoxy groups -OCH3 is 1. The SMILES string of the molecule is COc1ccc(C(=O)O)cc1NC(=S)NC(=O)C=Cc1ccc(C(C)C)cc1. The molecule has 6 nitrogen and oxygen atoms in total. The van der Waals surface area contributed by atoms with E-state index in [1.165, 1.54) is 36.9 Å². The number of thiocarbonyl (C=S) groups is 1. The molecule has 0 aliphatic rings. The molecule has 28 heavy (non-hydrogen) atoms. The van der Waals surface area contributed by atoms with Crippen molar-refractivity contribution in [3.8, 4) is 5.75 Å². The van der Waals surface area contributed by atoms with Gasteiger partial charge in [-0.25, -0.2) is 4.79 Å². The molecule has 2 aromatic rings. The molecule has 0 atom stereocenters. The summed E-state index contributed by atoms with van der Waals surface area (Å²) in [7, 11) is 1.45. The van der Waals surface area contributed by atoms with E-state index in [0.717, 1.165) is 5.56 Å². The quantitative estimate of drug-likeness (QED) is 0.503. The Morgan fingerprint density at radius 3 is 2.39 bits per heavy atom. The summed E-state index contributed by atoms with van der Waals surface area (Å²) in [4.78, 5) is 23.2. The highest BCUT2D eigenvalue weighted by Crippen LogP contribution is 2.25. The number of ether oxygens (including phenoxy) is 1. The number of amides is 1. The number of carboxylic acid groups (broad SMARTS) is 1. The summed E-state index contributed by atoms with van der Waals surface area (Å²) in [6.07, 6.45) is 3.07. The van der Waals surface area contributed by atoms with Gasteiger partial charge in [0.1, 0.15) is 5.75 Å². The first-order chi connectivity index (χ1) is 13.3. The van der Waals surface area contributed by atoms with Crippen molar-refractivity contribution in [3.05, 3.63) is 65.2 Å². The Balaban J connectivity index is 2.00. The van der Waals surface area contributed by atoms with Gasteiger partial charge in [-0.3, -0.25) is 10.1 Å². The van der Waals surface area contributed by atoms with Crippen molar-refractivity contribution in [2.75, 3.05) is 12.4 Å². The van der Waals surface area contributed by atoms with Crippen LogP contribution < -0.4 is 15.4 Å². The van der Waals surface area contributed by atoms with E-state index in [-0.39, 0.29) is 10.7 Å². The Bertz CT molecular complexity index is 905. The number of hydrogen-bond donors (Lipinski definition) is 3. The average molecular weight is 398 g/mol. The van der Waals surface area contributed by atoms with Crippen LogP contribution in [-0.2, 0) is 4.79 Å². The van der Waals surface area contributed by atoms with Crippen LogP contribution in [0.25, 0.3) is 6.08 Å². The van der Waals surface area contributed by atoms with Gasteiger partial charge >= 0.3 is 5.97 Å². The van der Waals surface area contributed by atoms with E-state index in [1.807, 2.05) is 24.3 Å². The fourth-order valence-corrected chi connectivity index (χ4v) is 2.62. The summed E-state index contributed by atoms with van der Waals surface area (Å²) in [5, 5.41) is 14.4. The molecule has 0 unspecified atom stereocenters. The molecule has 0 radical (unpaired) electrons. The summed E-state index contributed by atoms with van der Waals surface area (Å²) in [6, 6.07) is 12.2. The molecule has 1 amide bonds. The molecule has 3 N–H and O–H groups in total. The minimum atomic E-state index is -1.08. The van der Waals surface area contributed by atoms with Gasteiger partial charge in [-0.15, -0.1) is 0 Å². The number of nitrogens with one attached hydrogen (secondary N) is 2. The fourth-order valence-electron chi connectivity index (χ4n) is 2.41. The van der Waals surface area contributed by atoms with Gasteiger partial charge in [0.05, 0.1) is 18.4 Å². The van der Waals surface area contributed by atoms with Crippen LogP contribution in [0.1, 0.15) is 41.3 Å². The molecule has 2 rings (SSSR count). The van der Waals surface area contributed by atoms with Crippen molar-refractivity contribution in [3.63, 3.8) is 0 Å². The minimum absolute atomic E-state index is 0.0330. The predicted octanol–water partition coefficient (Wildman–Crippen LogP) is 4.04. The van der Waals surface area contributed by atoms with Crippen molar-refractivity contribution >= 4 is 41.0 Å². The first-order valence-corrected chi connectivity index (χ1v) is 9.02. The number of carbonyl (C=O) groups excluding carboxylic acids is 1. The van der Waals surface area contributed by atoms with Crippen LogP contribution in [0.5, 0.6) is 5.75 Å². The zero-order valence-corrected chi connectivity index (χ0v) is 16.7. The highest BCUT2D eigenvalue weighted by Gasteiger charge is 2.11. The van der Waals surface area contributed by atoms with Crippen molar-refractivity contribution in [2.45, 2.75) is 19.8 Å². The van der Waals surface area contributed by atoms with Crippen molar-refractivity contribution in [1.29, 1.82) is 0 Å². The smallest absolute Gasteiger partial charge is 0.335 e. The predicted molar refractivity (Wildman–Crippen MR) is 114 cm³/mol. The number of benzene rings is 2. The van der Waals surface area contributed by atoms with E-state index >= 15 is 0 Å². The van der Waals surface area contributed by atoms with E-state index < -0.39 is 11.9 Å². The number of hydrogen-bond acceptors (Lipinski definition) is 4. The van der Waals surface area contributed by atoms with Crippen molar-refractivity contribution < 1.29 is 19.4 Å². The summed E-state index contributed by atoms with van der Waals surface area (Å²) >= 11 is 5.13. The molecule has 0 aliphatic carbocycles. The lowest BCUT2D eigenvalue weighted by atomic mass is 10.0. The van der Waals surface area contributed by atoms with Gasteiger partial charge in [0.15, 0.2) is 5.11 Å². The van der Waals surface area contributed by atoms with Crippen LogP contribution >= 0.6 is 12.2 Å². The van der Waals surface area contributed by atoms with Gasteiger partial charge in [0.25, 0.3) is 0 Å². The second-order valence-corrected chi connectivity index (χ2v) is 6.73. The van der Waals surface area contributed by atoms with E-state index in [2.05, 4.69) is 24.5 Å². The molecular weight excluding hydrogens is 376 g/mol. The monoisotopic (exact) mass is 398 g/mol. The maximum atomic E-state index is 12.1. The van der Waals surface area contributed by atoms with E-state index in [4.69, 9.17) is 22.1 Å². The Morgan fingerprint density at radius 1 is 1.14 bits per heavy atom. The molecular formula is C21H22N2O4S. The number of rotatable bonds is 6. The summed E-state index contributed by atoms with van der Waals surface area (Å²) in [6.45, 7) is 4.24. The Kier molecular flexibility index (Phi) is 7.28. The lowest BCUT2D eigenvalue weighted by Crippen LogP contribution is -2.33. The van der Waals surface area contributed by atoms with Crippen LogP contribution in [0.2, 0.25) is 0 Å². The lowest BCUT2D eigenvalue weighted by Gasteiger charge is -2.12. The van der Waals surface area contributed by atoms with Gasteiger partial charge in [-0.2, -0.15) is 0 Å². The fraction of sp³-hybridized carbons (Fsp3) is 0.190. The largest absolute Gasteiger partial charge is 0.495 e. The molecule has 0 heterocycles. The van der Waals surface area contributed by atoms with Gasteiger partial charge in [0, 0.05) is 6.08 Å².